The van der Waals surface area contributed by atoms with E-state index in [1.54, 1.807) is 18.2 Å². The van der Waals surface area contributed by atoms with E-state index >= 15 is 0 Å². The molecule has 6 nitrogen and oxygen atoms in total. The highest BCUT2D eigenvalue weighted by Crippen LogP contribution is 2.49. The van der Waals surface area contributed by atoms with E-state index in [4.69, 9.17) is 0 Å². The Morgan fingerprint density at radius 1 is 1.00 bits per heavy atom. The van der Waals surface area contributed by atoms with E-state index in [0.29, 0.717) is 30.2 Å². The molecule has 0 saturated heterocycles. The number of pyridine rings is 2. The highest BCUT2D eigenvalue weighted by Gasteiger charge is 2.51. The molecule has 3 aromatic rings. The van der Waals surface area contributed by atoms with Crippen LogP contribution in [-0.2, 0) is 23.9 Å². The Bertz CT molecular complexity index is 1250. The monoisotopic (exact) mass is 500 g/mol. The van der Waals surface area contributed by atoms with Crippen LogP contribution in [-0.4, -0.2) is 21.7 Å². The zero-order valence-corrected chi connectivity index (χ0v) is 19.5. The SMILES string of the molecule is CCc1ccc(C(=O)CC2(C(=O)NCc3ccc(Nc4ccc(F)cc4C(F)(F)F)cn3)CC2)cn1. The van der Waals surface area contributed by atoms with Crippen LogP contribution in [0.5, 0.6) is 0 Å². The minimum atomic E-state index is -4.72. The summed E-state index contributed by atoms with van der Waals surface area (Å²) in [5.41, 5.74) is -0.0338. The van der Waals surface area contributed by atoms with Crippen LogP contribution in [0.15, 0.2) is 54.9 Å². The molecule has 0 atom stereocenters. The topological polar surface area (TPSA) is 84.0 Å². The van der Waals surface area contributed by atoms with Crippen LogP contribution in [0.2, 0.25) is 0 Å². The zero-order chi connectivity index (χ0) is 25.9. The summed E-state index contributed by atoms with van der Waals surface area (Å²) in [6, 6.07) is 8.98. The van der Waals surface area contributed by atoms with Crippen molar-refractivity contribution in [2.75, 3.05) is 5.32 Å². The van der Waals surface area contributed by atoms with E-state index in [0.717, 1.165) is 24.2 Å². The molecule has 1 saturated carbocycles. The number of Topliss-reactive ketones (excluding diaryl/α,β-unsaturated/α-hetero) is 1. The molecule has 1 fully saturated rings. The Morgan fingerprint density at radius 2 is 1.72 bits per heavy atom. The Hall–Kier alpha value is -3.82. The van der Waals surface area contributed by atoms with E-state index in [1.807, 2.05) is 6.92 Å². The molecule has 0 aliphatic heterocycles. The van der Waals surface area contributed by atoms with Crippen molar-refractivity contribution in [3.63, 3.8) is 0 Å². The molecule has 0 bridgehead atoms. The summed E-state index contributed by atoms with van der Waals surface area (Å²) in [4.78, 5) is 33.8. The van der Waals surface area contributed by atoms with Gasteiger partial charge in [-0.15, -0.1) is 0 Å². The second-order valence-electron chi connectivity index (χ2n) is 8.81. The van der Waals surface area contributed by atoms with Gasteiger partial charge in [-0.25, -0.2) is 4.39 Å². The zero-order valence-electron chi connectivity index (χ0n) is 19.5. The number of ketones is 1. The van der Waals surface area contributed by atoms with Crippen molar-refractivity contribution in [3.8, 4) is 0 Å². The number of carbonyl (C=O) groups excluding carboxylic acids is 2. The molecule has 1 amide bonds. The number of carbonyl (C=O) groups is 2. The van der Waals surface area contributed by atoms with Crippen molar-refractivity contribution >= 4 is 23.1 Å². The first-order valence-corrected chi connectivity index (χ1v) is 11.4. The van der Waals surface area contributed by atoms with Gasteiger partial charge in [-0.05, 0) is 61.7 Å². The molecule has 10 heteroatoms. The third-order valence-corrected chi connectivity index (χ3v) is 6.16. The average molecular weight is 500 g/mol. The van der Waals surface area contributed by atoms with Gasteiger partial charge in [0.05, 0.1) is 40.8 Å². The number of aryl methyl sites for hydroxylation is 1. The normalized spacial score (nSPS) is 14.2. The maximum absolute atomic E-state index is 13.3. The first kappa shape index (κ1) is 25.3. The smallest absolute Gasteiger partial charge is 0.354 e. The third-order valence-electron chi connectivity index (χ3n) is 6.16. The Labute approximate surface area is 205 Å². The van der Waals surface area contributed by atoms with Gasteiger partial charge in [-0.3, -0.25) is 19.6 Å². The maximum atomic E-state index is 13.3. The van der Waals surface area contributed by atoms with Gasteiger partial charge in [0.2, 0.25) is 5.91 Å². The van der Waals surface area contributed by atoms with E-state index in [1.165, 1.54) is 18.5 Å². The number of halogens is 4. The van der Waals surface area contributed by atoms with Gasteiger partial charge in [0.1, 0.15) is 5.82 Å². The van der Waals surface area contributed by atoms with Gasteiger partial charge in [0.25, 0.3) is 0 Å². The molecule has 2 aromatic heterocycles. The van der Waals surface area contributed by atoms with Crippen molar-refractivity contribution in [1.29, 1.82) is 0 Å². The van der Waals surface area contributed by atoms with Gasteiger partial charge in [-0.1, -0.05) is 6.92 Å². The number of benzene rings is 1. The second-order valence-corrected chi connectivity index (χ2v) is 8.81. The van der Waals surface area contributed by atoms with Crippen LogP contribution < -0.4 is 10.6 Å². The van der Waals surface area contributed by atoms with Crippen LogP contribution >= 0.6 is 0 Å². The van der Waals surface area contributed by atoms with E-state index in [-0.39, 0.29) is 36.0 Å². The van der Waals surface area contributed by atoms with Crippen LogP contribution in [0, 0.1) is 11.2 Å². The molecule has 36 heavy (non-hydrogen) atoms. The molecular formula is C26H24F4N4O2. The predicted molar refractivity (Wildman–Crippen MR) is 125 cm³/mol. The van der Waals surface area contributed by atoms with Crippen molar-refractivity contribution < 1.29 is 27.2 Å². The molecule has 1 aromatic carbocycles. The number of amides is 1. The summed E-state index contributed by atoms with van der Waals surface area (Å²) in [5.74, 6) is -1.36. The predicted octanol–water partition coefficient (Wildman–Crippen LogP) is 5.61. The summed E-state index contributed by atoms with van der Waals surface area (Å²) in [7, 11) is 0. The second kappa shape index (κ2) is 10.0. The number of hydrogen-bond donors (Lipinski definition) is 2. The molecule has 0 spiro atoms. The molecule has 188 valence electrons. The third kappa shape index (κ3) is 5.87. The highest BCUT2D eigenvalue weighted by atomic mass is 19.4. The Balaban J connectivity index is 1.34. The minimum absolute atomic E-state index is 0.0987. The number of hydrogen-bond acceptors (Lipinski definition) is 5. The molecule has 2 N–H and O–H groups in total. The lowest BCUT2D eigenvalue weighted by Gasteiger charge is -2.16. The maximum Gasteiger partial charge on any atom is 0.418 e. The molecule has 0 unspecified atom stereocenters. The molecule has 1 aliphatic rings. The van der Waals surface area contributed by atoms with Gasteiger partial charge in [0, 0.05) is 23.9 Å². The Kier molecular flexibility index (Phi) is 7.05. The molecule has 4 rings (SSSR count). The van der Waals surface area contributed by atoms with Crippen molar-refractivity contribution in [2.45, 2.75) is 45.3 Å². The van der Waals surface area contributed by atoms with E-state index in [2.05, 4.69) is 20.6 Å². The number of aromatic nitrogens is 2. The van der Waals surface area contributed by atoms with E-state index < -0.39 is 23.0 Å². The lowest BCUT2D eigenvalue weighted by Crippen LogP contribution is -2.33. The number of nitrogens with zero attached hydrogens (tertiary/aromatic N) is 2. The number of anilines is 2. The molecule has 2 heterocycles. The Morgan fingerprint density at radius 3 is 2.31 bits per heavy atom. The summed E-state index contributed by atoms with van der Waals surface area (Å²) in [5, 5.41) is 5.40. The first-order chi connectivity index (χ1) is 17.1. The van der Waals surface area contributed by atoms with Crippen LogP contribution in [0.1, 0.15) is 53.5 Å². The van der Waals surface area contributed by atoms with Gasteiger partial charge in [-0.2, -0.15) is 13.2 Å². The average Bonchev–Trinajstić information content (AvgIpc) is 3.64. The number of rotatable bonds is 9. The van der Waals surface area contributed by atoms with Crippen LogP contribution in [0.3, 0.4) is 0 Å². The first-order valence-electron chi connectivity index (χ1n) is 11.4. The fraction of sp³-hybridized carbons (Fsp3) is 0.308. The number of nitrogens with one attached hydrogen (secondary N) is 2. The minimum Gasteiger partial charge on any atom is -0.354 e. The van der Waals surface area contributed by atoms with Crippen molar-refractivity contribution in [3.05, 3.63) is 83.2 Å². The fourth-order valence-corrected chi connectivity index (χ4v) is 3.82. The standard InChI is InChI=1S/C26H24F4N4O2/c1-2-18-5-3-16(13-31-18)23(35)12-25(9-10-25)24(36)33-14-19-6-7-20(15-32-19)34-22-8-4-17(27)11-21(22)26(28,29)30/h3-8,11,13,15,34H,2,9-10,12,14H2,1H3,(H,33,36). The van der Waals surface area contributed by atoms with Gasteiger partial charge in [0.15, 0.2) is 5.78 Å². The van der Waals surface area contributed by atoms with Gasteiger partial charge < -0.3 is 10.6 Å². The lowest BCUT2D eigenvalue weighted by atomic mass is 9.95. The fourth-order valence-electron chi connectivity index (χ4n) is 3.82. The lowest BCUT2D eigenvalue weighted by molar-refractivity contribution is -0.137. The summed E-state index contributed by atoms with van der Waals surface area (Å²) < 4.78 is 52.9. The summed E-state index contributed by atoms with van der Waals surface area (Å²) >= 11 is 0. The van der Waals surface area contributed by atoms with Crippen molar-refractivity contribution in [2.24, 2.45) is 5.41 Å². The van der Waals surface area contributed by atoms with Crippen LogP contribution in [0.25, 0.3) is 0 Å². The van der Waals surface area contributed by atoms with Gasteiger partial charge >= 0.3 is 6.18 Å². The molecule has 0 radical (unpaired) electrons. The summed E-state index contributed by atoms with van der Waals surface area (Å²) in [6.07, 6.45) is 0.236. The largest absolute Gasteiger partial charge is 0.418 e. The highest BCUT2D eigenvalue weighted by molar-refractivity contribution is 6.00. The molecule has 1 aliphatic carbocycles. The summed E-state index contributed by atoms with van der Waals surface area (Å²) in [6.45, 7) is 2.08. The molecular weight excluding hydrogens is 476 g/mol. The quantitative estimate of drug-likeness (QED) is 0.295. The van der Waals surface area contributed by atoms with Crippen LogP contribution in [0.4, 0.5) is 28.9 Å². The number of alkyl halides is 3. The van der Waals surface area contributed by atoms with E-state index in [9.17, 15) is 27.2 Å². The van der Waals surface area contributed by atoms with Crippen molar-refractivity contribution in [1.82, 2.24) is 15.3 Å².